The zero-order valence-electron chi connectivity index (χ0n) is 28.1. The minimum Gasteiger partial charge on any atom is -0.446 e. The molecule has 4 rings (SSSR count). The lowest BCUT2D eigenvalue weighted by atomic mass is 9.93. The van der Waals surface area contributed by atoms with Gasteiger partial charge in [0.15, 0.2) is 0 Å². The van der Waals surface area contributed by atoms with Crippen molar-refractivity contribution in [2.24, 2.45) is 7.05 Å². The quantitative estimate of drug-likeness (QED) is 0.200. The molecule has 0 spiro atoms. The van der Waals surface area contributed by atoms with Crippen LogP contribution in [0.15, 0.2) is 36.4 Å². The normalized spacial score (nSPS) is 16.8. The van der Waals surface area contributed by atoms with E-state index >= 15 is 0 Å². The predicted molar refractivity (Wildman–Crippen MR) is 167 cm³/mol. The number of halogens is 9. The van der Waals surface area contributed by atoms with Crippen LogP contribution < -0.4 is 9.80 Å². The highest BCUT2D eigenvalue weighted by atomic mass is 19.4. The summed E-state index contributed by atoms with van der Waals surface area (Å²) in [4.78, 5) is 17.4. The van der Waals surface area contributed by atoms with Crippen LogP contribution in [-0.4, -0.2) is 57.8 Å². The van der Waals surface area contributed by atoms with Gasteiger partial charge in [-0.2, -0.15) is 44.3 Å². The maximum Gasteiger partial charge on any atom is 0.416 e. The molecule has 276 valence electrons. The van der Waals surface area contributed by atoms with E-state index in [4.69, 9.17) is 4.74 Å². The van der Waals surface area contributed by atoms with Crippen LogP contribution >= 0.6 is 0 Å². The number of aryl methyl sites for hydroxylation is 2. The van der Waals surface area contributed by atoms with E-state index in [1.54, 1.807) is 18.9 Å². The molecular weight excluding hydrogens is 671 g/mol. The van der Waals surface area contributed by atoms with E-state index in [9.17, 15) is 44.3 Å². The van der Waals surface area contributed by atoms with Crippen molar-refractivity contribution in [3.63, 3.8) is 0 Å². The Kier molecular flexibility index (Phi) is 15.0. The van der Waals surface area contributed by atoms with Gasteiger partial charge < -0.3 is 9.64 Å². The Hall–Kier alpha value is -3.79. The lowest BCUT2D eigenvalue weighted by Gasteiger charge is -2.33. The first kappa shape index (κ1) is 41.4. The van der Waals surface area contributed by atoms with Crippen molar-refractivity contribution in [3.8, 4) is 0 Å². The van der Waals surface area contributed by atoms with Gasteiger partial charge in [-0.05, 0) is 74.3 Å². The van der Waals surface area contributed by atoms with Gasteiger partial charge >= 0.3 is 24.6 Å². The molecule has 1 aliphatic carbocycles. The van der Waals surface area contributed by atoms with Gasteiger partial charge in [0.1, 0.15) is 6.10 Å². The second kappa shape index (κ2) is 17.7. The fourth-order valence-corrected chi connectivity index (χ4v) is 4.97. The number of hydrogen-bond donors (Lipinski definition) is 0. The molecule has 1 unspecified atom stereocenters. The van der Waals surface area contributed by atoms with Crippen molar-refractivity contribution in [2.45, 2.75) is 110 Å². The maximum absolute atomic E-state index is 14.1. The van der Waals surface area contributed by atoms with Crippen molar-refractivity contribution < 1.29 is 49.0 Å². The molecular formula is C32H43F9N6O2. The number of allylic oxidation sites excluding steroid dienone is 2. The molecule has 1 atom stereocenters. The van der Waals surface area contributed by atoms with Crippen LogP contribution in [0, 0.1) is 0 Å². The first-order valence-corrected chi connectivity index (χ1v) is 16.0. The third-order valence-corrected chi connectivity index (χ3v) is 7.66. The predicted octanol–water partition coefficient (Wildman–Crippen LogP) is 9.68. The molecule has 1 aromatic carbocycles. The van der Waals surface area contributed by atoms with Crippen LogP contribution in [0.25, 0.3) is 0 Å². The van der Waals surface area contributed by atoms with E-state index in [0.29, 0.717) is 31.2 Å². The molecule has 1 aliphatic heterocycles. The molecule has 8 nitrogen and oxygen atoms in total. The van der Waals surface area contributed by atoms with Gasteiger partial charge in [-0.15, -0.1) is 5.10 Å². The second-order valence-electron chi connectivity index (χ2n) is 11.3. The zero-order valence-corrected chi connectivity index (χ0v) is 28.1. The standard InChI is InChI=1S/C26H32F6N6O2.C4H5F3.C2H6/c1-3-17-15-19-21(37(23-33-35-36(2)34-23)13-6-4-5-12-25(27,28)29)11-8-14-38(24(39)40-18-9-7-10-18)22(19)16-20(17)26(30,31)32;1-3(2)4(5,6)7;1-2/h4-5,15-16,18,21H,3,6-14H2,1-2H3;1H2,2H3;1-2H3/b5-4+;;. The third kappa shape index (κ3) is 12.2. The number of alkyl halides is 9. The van der Waals surface area contributed by atoms with E-state index in [0.717, 1.165) is 25.5 Å². The number of hydrogen-bond acceptors (Lipinski definition) is 6. The molecule has 0 radical (unpaired) electrons. The van der Waals surface area contributed by atoms with Gasteiger partial charge in [0.2, 0.25) is 0 Å². The first-order valence-electron chi connectivity index (χ1n) is 16.0. The van der Waals surface area contributed by atoms with Crippen molar-refractivity contribution >= 4 is 17.7 Å². The number of fused-ring (bicyclic) bond motifs is 1. The number of carbonyl (C=O) groups is 1. The summed E-state index contributed by atoms with van der Waals surface area (Å²) in [7, 11) is 1.56. The first-order chi connectivity index (χ1) is 22.8. The van der Waals surface area contributed by atoms with Crippen molar-refractivity contribution in [2.75, 3.05) is 22.9 Å². The van der Waals surface area contributed by atoms with E-state index in [2.05, 4.69) is 22.0 Å². The van der Waals surface area contributed by atoms with E-state index in [-0.39, 0.29) is 49.2 Å². The number of rotatable bonds is 8. The Morgan fingerprint density at radius 2 is 1.67 bits per heavy atom. The van der Waals surface area contributed by atoms with Gasteiger partial charge in [-0.3, -0.25) is 4.90 Å². The van der Waals surface area contributed by atoms with Crippen LogP contribution in [0.5, 0.6) is 0 Å². The molecule has 0 bridgehead atoms. The molecule has 1 amide bonds. The molecule has 17 heteroatoms. The molecule has 2 aliphatic rings. The third-order valence-electron chi connectivity index (χ3n) is 7.66. The molecule has 49 heavy (non-hydrogen) atoms. The number of carbonyl (C=O) groups excluding carboxylic acids is 1. The summed E-state index contributed by atoms with van der Waals surface area (Å²) in [6.45, 7) is 9.58. The lowest BCUT2D eigenvalue weighted by Crippen LogP contribution is -2.37. The number of amides is 1. The van der Waals surface area contributed by atoms with Crippen molar-refractivity contribution in [3.05, 3.63) is 53.1 Å². The van der Waals surface area contributed by atoms with Crippen LogP contribution in [0.4, 0.5) is 55.9 Å². The fraction of sp³-hybridized carbons (Fsp3) is 0.625. The number of benzene rings is 1. The summed E-state index contributed by atoms with van der Waals surface area (Å²) in [5.41, 5.74) is -0.942. The number of ether oxygens (including phenoxy) is 1. The summed E-state index contributed by atoms with van der Waals surface area (Å²) in [6.07, 6.45) is -9.22. The summed E-state index contributed by atoms with van der Waals surface area (Å²) < 4.78 is 119. The summed E-state index contributed by atoms with van der Waals surface area (Å²) >= 11 is 0. The van der Waals surface area contributed by atoms with Gasteiger partial charge in [0.25, 0.3) is 5.95 Å². The summed E-state index contributed by atoms with van der Waals surface area (Å²) in [5.74, 6) is 0.186. The van der Waals surface area contributed by atoms with E-state index in [1.807, 2.05) is 13.8 Å². The van der Waals surface area contributed by atoms with Crippen LogP contribution in [0.3, 0.4) is 0 Å². The van der Waals surface area contributed by atoms with E-state index in [1.165, 1.54) is 21.8 Å². The van der Waals surface area contributed by atoms with Gasteiger partial charge in [0, 0.05) is 18.7 Å². The second-order valence-corrected chi connectivity index (χ2v) is 11.3. The fourth-order valence-electron chi connectivity index (χ4n) is 4.97. The monoisotopic (exact) mass is 714 g/mol. The minimum absolute atomic E-state index is 0.0718. The Bertz CT molecular complexity index is 1400. The highest BCUT2D eigenvalue weighted by molar-refractivity contribution is 5.89. The average molecular weight is 715 g/mol. The maximum atomic E-state index is 14.1. The lowest BCUT2D eigenvalue weighted by molar-refractivity contribution is -0.138. The summed E-state index contributed by atoms with van der Waals surface area (Å²) in [6, 6.07) is 1.92. The van der Waals surface area contributed by atoms with Gasteiger partial charge in [0.05, 0.1) is 30.8 Å². The van der Waals surface area contributed by atoms with Gasteiger partial charge in [-0.1, -0.05) is 50.7 Å². The van der Waals surface area contributed by atoms with Crippen LogP contribution in [-0.2, 0) is 24.4 Å². The minimum atomic E-state index is -4.64. The van der Waals surface area contributed by atoms with Crippen LogP contribution in [0.1, 0.15) is 95.4 Å². The zero-order chi connectivity index (χ0) is 37.2. The Morgan fingerprint density at radius 3 is 2.14 bits per heavy atom. The molecule has 2 aromatic rings. The SMILES string of the molecule is C=C(C)C(F)(F)F.CC.CCc1cc2c(cc1C(F)(F)F)N(C(=O)OC1CCC1)CCCC2N(CC/C=C/CC(F)(F)F)c1nnn(C)n1. The van der Waals surface area contributed by atoms with Crippen LogP contribution in [0.2, 0.25) is 0 Å². The number of tetrazole rings is 1. The number of nitrogens with zero attached hydrogens (tertiary/aromatic N) is 6. The molecule has 0 N–H and O–H groups in total. The molecule has 1 fully saturated rings. The Morgan fingerprint density at radius 1 is 1.04 bits per heavy atom. The van der Waals surface area contributed by atoms with Crippen molar-refractivity contribution in [1.29, 1.82) is 0 Å². The molecule has 0 saturated heterocycles. The number of anilines is 2. The highest BCUT2D eigenvalue weighted by Crippen LogP contribution is 2.44. The van der Waals surface area contributed by atoms with Gasteiger partial charge in [-0.25, -0.2) is 4.79 Å². The van der Waals surface area contributed by atoms with Crippen molar-refractivity contribution in [1.82, 2.24) is 20.2 Å². The smallest absolute Gasteiger partial charge is 0.416 e. The Balaban J connectivity index is 0.000000824. The molecule has 1 aromatic heterocycles. The Labute approximate surface area is 280 Å². The number of aromatic nitrogens is 4. The highest BCUT2D eigenvalue weighted by Gasteiger charge is 2.39. The topological polar surface area (TPSA) is 76.4 Å². The average Bonchev–Trinajstić information content (AvgIpc) is 3.33. The van der Waals surface area contributed by atoms with E-state index < -0.39 is 48.2 Å². The molecule has 1 saturated carbocycles. The summed E-state index contributed by atoms with van der Waals surface area (Å²) in [5, 5.41) is 12.2. The molecule has 2 heterocycles. The largest absolute Gasteiger partial charge is 0.446 e.